The maximum absolute atomic E-state index is 3.74. The second kappa shape index (κ2) is 6.57. The van der Waals surface area contributed by atoms with E-state index < -0.39 is 0 Å². The van der Waals surface area contributed by atoms with E-state index in [2.05, 4.69) is 56.2 Å². The van der Waals surface area contributed by atoms with Gasteiger partial charge in [0, 0.05) is 26.0 Å². The Labute approximate surface area is 103 Å². The summed E-state index contributed by atoms with van der Waals surface area (Å²) in [6.45, 7) is 11.0. The number of aromatic nitrogens is 1. The molecule has 1 rings (SSSR count). The first-order valence-corrected chi connectivity index (χ1v) is 4.90. The second-order valence-corrected chi connectivity index (χ2v) is 3.57. The molecule has 82 valence electrons. The molecular weight excluding hydrogens is 250 g/mol. The van der Waals surface area contributed by atoms with Crippen LogP contribution < -0.4 is 21.5 Å². The van der Waals surface area contributed by atoms with Crippen molar-refractivity contribution in [1.29, 1.82) is 0 Å². The summed E-state index contributed by atoms with van der Waals surface area (Å²) < 4.78 is 2.28. The first-order chi connectivity index (χ1) is 6.65. The van der Waals surface area contributed by atoms with Crippen LogP contribution in [0.1, 0.15) is 18.3 Å². The Hall–Kier alpha value is -0.890. The average molecular weight is 268 g/mol. The predicted octanol–water partition coefficient (Wildman–Crippen LogP) is -0.273. The van der Waals surface area contributed by atoms with Gasteiger partial charge >= 0.3 is 0 Å². The quantitative estimate of drug-likeness (QED) is 0.525. The highest BCUT2D eigenvalue weighted by Crippen LogP contribution is 1.97. The Morgan fingerprint density at radius 1 is 1.33 bits per heavy atom. The smallest absolute Gasteiger partial charge is 0.178 e. The van der Waals surface area contributed by atoms with E-state index in [1.165, 1.54) is 17.0 Å². The van der Waals surface area contributed by atoms with Gasteiger partial charge in [-0.25, -0.2) is 0 Å². The molecule has 1 heterocycles. The molecule has 0 aliphatic rings. The minimum Gasteiger partial charge on any atom is -1.00 e. The van der Waals surface area contributed by atoms with Gasteiger partial charge in [0.05, 0.1) is 0 Å². The fraction of sp³-hybridized carbons (Fsp3) is 0.308. The van der Waals surface area contributed by atoms with Crippen molar-refractivity contribution in [3.05, 3.63) is 53.9 Å². The van der Waals surface area contributed by atoms with Crippen LogP contribution in [-0.4, -0.2) is 0 Å². The SMILES string of the molecule is C=C/C(C)=C\C[n+]1c(C)cccc1C.[Br-]. The van der Waals surface area contributed by atoms with Crippen molar-refractivity contribution in [2.45, 2.75) is 27.3 Å². The van der Waals surface area contributed by atoms with Crippen LogP contribution in [0.15, 0.2) is 42.5 Å². The number of hydrogen-bond donors (Lipinski definition) is 0. The molecule has 0 aliphatic carbocycles. The monoisotopic (exact) mass is 267 g/mol. The summed E-state index contributed by atoms with van der Waals surface area (Å²) in [4.78, 5) is 0. The van der Waals surface area contributed by atoms with Gasteiger partial charge in [-0.3, -0.25) is 0 Å². The van der Waals surface area contributed by atoms with Crippen molar-refractivity contribution in [3.8, 4) is 0 Å². The number of aryl methyl sites for hydroxylation is 2. The molecule has 0 saturated carbocycles. The second-order valence-electron chi connectivity index (χ2n) is 3.57. The van der Waals surface area contributed by atoms with Gasteiger partial charge in [-0.1, -0.05) is 12.7 Å². The summed E-state index contributed by atoms with van der Waals surface area (Å²) in [6, 6.07) is 6.35. The number of rotatable bonds is 3. The van der Waals surface area contributed by atoms with Gasteiger partial charge in [-0.2, -0.15) is 4.57 Å². The molecule has 0 fully saturated rings. The Morgan fingerprint density at radius 3 is 2.33 bits per heavy atom. The van der Waals surface area contributed by atoms with E-state index in [1.54, 1.807) is 0 Å². The van der Waals surface area contributed by atoms with Crippen molar-refractivity contribution in [2.75, 3.05) is 0 Å². The van der Waals surface area contributed by atoms with Crippen molar-refractivity contribution in [3.63, 3.8) is 0 Å². The predicted molar refractivity (Wildman–Crippen MR) is 60.1 cm³/mol. The molecule has 0 spiro atoms. The van der Waals surface area contributed by atoms with E-state index in [9.17, 15) is 0 Å². The molecule has 0 unspecified atom stereocenters. The maximum atomic E-state index is 3.74. The molecule has 15 heavy (non-hydrogen) atoms. The zero-order chi connectivity index (χ0) is 10.6. The lowest BCUT2D eigenvalue weighted by atomic mass is 10.2. The van der Waals surface area contributed by atoms with Crippen LogP contribution in [0, 0.1) is 13.8 Å². The van der Waals surface area contributed by atoms with Crippen molar-refractivity contribution in [1.82, 2.24) is 0 Å². The fourth-order valence-electron chi connectivity index (χ4n) is 1.39. The summed E-state index contributed by atoms with van der Waals surface area (Å²) in [5, 5.41) is 0. The van der Waals surface area contributed by atoms with Crippen LogP contribution in [0.3, 0.4) is 0 Å². The van der Waals surface area contributed by atoms with E-state index in [0.29, 0.717) is 0 Å². The Bertz CT molecular complexity index is 347. The molecule has 0 aromatic carbocycles. The third-order valence-electron chi connectivity index (χ3n) is 2.44. The highest BCUT2D eigenvalue weighted by Gasteiger charge is 2.06. The topological polar surface area (TPSA) is 3.88 Å². The van der Waals surface area contributed by atoms with Gasteiger partial charge in [0.2, 0.25) is 0 Å². The molecule has 1 aromatic heterocycles. The molecule has 1 nitrogen and oxygen atoms in total. The lowest BCUT2D eigenvalue weighted by molar-refractivity contribution is -0.698. The average Bonchev–Trinajstić information content (AvgIpc) is 2.16. The number of nitrogens with zero attached hydrogens (tertiary/aromatic N) is 1. The van der Waals surface area contributed by atoms with Crippen molar-refractivity contribution >= 4 is 0 Å². The normalized spacial score (nSPS) is 10.7. The highest BCUT2D eigenvalue weighted by molar-refractivity contribution is 5.11. The largest absolute Gasteiger partial charge is 1.00 e. The number of pyridine rings is 1. The van der Waals surface area contributed by atoms with E-state index in [4.69, 9.17) is 0 Å². The summed E-state index contributed by atoms with van der Waals surface area (Å²) in [5.41, 5.74) is 3.80. The molecule has 2 heteroatoms. The van der Waals surface area contributed by atoms with Crippen LogP contribution in [0.2, 0.25) is 0 Å². The molecular formula is C13H18BrN. The third-order valence-corrected chi connectivity index (χ3v) is 2.44. The zero-order valence-corrected chi connectivity index (χ0v) is 11.2. The Kier molecular flexibility index (Phi) is 6.18. The Morgan fingerprint density at radius 2 is 1.87 bits per heavy atom. The van der Waals surface area contributed by atoms with Crippen LogP contribution in [0.25, 0.3) is 0 Å². The maximum Gasteiger partial charge on any atom is 0.178 e. The van der Waals surface area contributed by atoms with Crippen LogP contribution in [-0.2, 0) is 6.54 Å². The molecule has 0 saturated heterocycles. The van der Waals surface area contributed by atoms with Gasteiger partial charge in [0.25, 0.3) is 0 Å². The lowest BCUT2D eigenvalue weighted by Gasteiger charge is -2.00. The van der Waals surface area contributed by atoms with E-state index >= 15 is 0 Å². The standard InChI is InChI=1S/C13H18N.BrH/c1-5-11(2)9-10-14-12(3)7-6-8-13(14)4;/h5-9H,1,10H2,2-4H3;1H/q+1;/p-1/b11-9-;. The Balaban J connectivity index is 0.00000196. The molecule has 0 aliphatic heterocycles. The van der Waals surface area contributed by atoms with E-state index in [-0.39, 0.29) is 17.0 Å². The van der Waals surface area contributed by atoms with Crippen LogP contribution in [0.5, 0.6) is 0 Å². The minimum absolute atomic E-state index is 0. The van der Waals surface area contributed by atoms with Crippen molar-refractivity contribution in [2.24, 2.45) is 0 Å². The van der Waals surface area contributed by atoms with E-state index in [0.717, 1.165) is 6.54 Å². The molecule has 0 atom stereocenters. The molecule has 0 bridgehead atoms. The van der Waals surface area contributed by atoms with Crippen molar-refractivity contribution < 1.29 is 21.5 Å². The molecule has 1 aromatic rings. The van der Waals surface area contributed by atoms with Gasteiger partial charge in [0.15, 0.2) is 17.9 Å². The molecule has 0 amide bonds. The van der Waals surface area contributed by atoms with Gasteiger partial charge in [0.1, 0.15) is 0 Å². The van der Waals surface area contributed by atoms with Crippen LogP contribution in [0.4, 0.5) is 0 Å². The summed E-state index contributed by atoms with van der Waals surface area (Å²) in [7, 11) is 0. The third kappa shape index (κ3) is 4.00. The fourth-order valence-corrected chi connectivity index (χ4v) is 1.39. The molecule has 0 N–H and O–H groups in total. The first-order valence-electron chi connectivity index (χ1n) is 4.90. The lowest BCUT2D eigenvalue weighted by Crippen LogP contribution is -3.00. The number of allylic oxidation sites excluding steroid dienone is 3. The molecule has 0 radical (unpaired) electrons. The summed E-state index contributed by atoms with van der Waals surface area (Å²) in [5.74, 6) is 0. The van der Waals surface area contributed by atoms with E-state index in [1.807, 2.05) is 6.08 Å². The zero-order valence-electron chi connectivity index (χ0n) is 9.63. The summed E-state index contributed by atoms with van der Waals surface area (Å²) >= 11 is 0. The highest BCUT2D eigenvalue weighted by atomic mass is 79.9. The van der Waals surface area contributed by atoms with Crippen LogP contribution >= 0.6 is 0 Å². The minimum atomic E-state index is 0. The van der Waals surface area contributed by atoms with Gasteiger partial charge in [-0.15, -0.1) is 0 Å². The van der Waals surface area contributed by atoms with Gasteiger partial charge in [-0.05, 0) is 24.6 Å². The van der Waals surface area contributed by atoms with Gasteiger partial charge < -0.3 is 17.0 Å². The number of halogens is 1. The summed E-state index contributed by atoms with van der Waals surface area (Å²) in [6.07, 6.45) is 4.07. The first kappa shape index (κ1) is 14.1. The number of hydrogen-bond acceptors (Lipinski definition) is 0.